The molecule has 1 heterocycles. The molecule has 108 valence electrons. The summed E-state index contributed by atoms with van der Waals surface area (Å²) in [4.78, 5) is 26.0. The molecule has 1 aliphatic rings. The summed E-state index contributed by atoms with van der Waals surface area (Å²) in [6, 6.07) is 5.86. The summed E-state index contributed by atoms with van der Waals surface area (Å²) in [5.41, 5.74) is 0.821. The lowest BCUT2D eigenvalue weighted by atomic mass is 10.0. The molecule has 2 atom stereocenters. The highest BCUT2D eigenvalue weighted by Gasteiger charge is 2.37. The zero-order valence-electron chi connectivity index (χ0n) is 11.8. The molecule has 1 aliphatic heterocycles. The highest BCUT2D eigenvalue weighted by atomic mass is 16.3. The molecule has 5 nitrogen and oxygen atoms in total. The molecule has 2 N–H and O–H groups in total. The van der Waals surface area contributed by atoms with Crippen LogP contribution in [0.1, 0.15) is 32.3 Å². The first kappa shape index (κ1) is 14.4. The third kappa shape index (κ3) is 2.92. The summed E-state index contributed by atoms with van der Waals surface area (Å²) in [5.74, 6) is -0.0120. The summed E-state index contributed by atoms with van der Waals surface area (Å²) in [7, 11) is 0. The highest BCUT2D eigenvalue weighted by molar-refractivity contribution is 5.96. The summed E-state index contributed by atoms with van der Waals surface area (Å²) in [6.07, 6.45) is 1.47. The highest BCUT2D eigenvalue weighted by Crippen LogP contribution is 2.20. The van der Waals surface area contributed by atoms with E-state index in [-0.39, 0.29) is 17.6 Å². The standard InChI is InChI=1S/C15H20N2O3/c1-3-5-13-14(19)16-10(2)15(20)17(13)9-11-6-4-7-12(18)8-11/h4,6-8,10,13,18H,3,5,9H2,1-2H3,(H,16,19). The fraction of sp³-hybridized carbons (Fsp3) is 0.467. The number of hydrogen-bond donors (Lipinski definition) is 2. The SMILES string of the molecule is CCCC1C(=O)NC(C)C(=O)N1Cc1cccc(O)c1. The van der Waals surface area contributed by atoms with Crippen molar-refractivity contribution in [2.45, 2.75) is 45.3 Å². The van der Waals surface area contributed by atoms with Crippen LogP contribution in [0.25, 0.3) is 0 Å². The van der Waals surface area contributed by atoms with Gasteiger partial charge >= 0.3 is 0 Å². The van der Waals surface area contributed by atoms with E-state index in [1.54, 1.807) is 30.0 Å². The molecule has 1 saturated heterocycles. The van der Waals surface area contributed by atoms with Gasteiger partial charge in [0.25, 0.3) is 0 Å². The first-order valence-corrected chi connectivity index (χ1v) is 6.91. The molecule has 20 heavy (non-hydrogen) atoms. The van der Waals surface area contributed by atoms with E-state index in [4.69, 9.17) is 0 Å². The average molecular weight is 276 g/mol. The number of rotatable bonds is 4. The summed E-state index contributed by atoms with van der Waals surface area (Å²) >= 11 is 0. The van der Waals surface area contributed by atoms with Crippen molar-refractivity contribution in [3.8, 4) is 5.75 Å². The van der Waals surface area contributed by atoms with Crippen LogP contribution in [-0.4, -0.2) is 33.9 Å². The Morgan fingerprint density at radius 2 is 2.10 bits per heavy atom. The molecule has 0 aromatic heterocycles. The van der Waals surface area contributed by atoms with Gasteiger partial charge in [-0.25, -0.2) is 0 Å². The predicted molar refractivity (Wildman–Crippen MR) is 75.0 cm³/mol. The van der Waals surface area contributed by atoms with Crippen molar-refractivity contribution in [2.24, 2.45) is 0 Å². The van der Waals surface area contributed by atoms with Gasteiger partial charge in [0.1, 0.15) is 17.8 Å². The van der Waals surface area contributed by atoms with Crippen LogP contribution in [0.15, 0.2) is 24.3 Å². The predicted octanol–water partition coefficient (Wildman–Crippen LogP) is 1.41. The lowest BCUT2D eigenvalue weighted by molar-refractivity contribution is -0.149. The van der Waals surface area contributed by atoms with E-state index < -0.39 is 12.1 Å². The smallest absolute Gasteiger partial charge is 0.245 e. The summed E-state index contributed by atoms with van der Waals surface area (Å²) < 4.78 is 0. The Morgan fingerprint density at radius 1 is 1.35 bits per heavy atom. The third-order valence-electron chi connectivity index (χ3n) is 3.52. The molecule has 2 rings (SSSR count). The van der Waals surface area contributed by atoms with Crippen LogP contribution in [0.3, 0.4) is 0 Å². The molecule has 0 saturated carbocycles. The quantitative estimate of drug-likeness (QED) is 0.873. The van der Waals surface area contributed by atoms with Gasteiger partial charge in [0.05, 0.1) is 0 Å². The molecule has 0 spiro atoms. The van der Waals surface area contributed by atoms with Gasteiger partial charge in [-0.3, -0.25) is 9.59 Å². The number of nitrogens with one attached hydrogen (secondary N) is 1. The van der Waals surface area contributed by atoms with E-state index in [0.717, 1.165) is 12.0 Å². The van der Waals surface area contributed by atoms with Crippen LogP contribution in [-0.2, 0) is 16.1 Å². The number of phenols is 1. The molecule has 0 bridgehead atoms. The fourth-order valence-electron chi connectivity index (χ4n) is 2.52. The Labute approximate surface area is 118 Å². The van der Waals surface area contributed by atoms with Crippen LogP contribution in [0.2, 0.25) is 0 Å². The lowest BCUT2D eigenvalue weighted by Crippen LogP contribution is -2.61. The largest absolute Gasteiger partial charge is 0.508 e. The maximum atomic E-state index is 12.3. The van der Waals surface area contributed by atoms with E-state index in [1.165, 1.54) is 0 Å². The van der Waals surface area contributed by atoms with E-state index in [0.29, 0.717) is 13.0 Å². The van der Waals surface area contributed by atoms with Gasteiger partial charge in [-0.05, 0) is 31.0 Å². The number of benzene rings is 1. The minimum Gasteiger partial charge on any atom is -0.508 e. The van der Waals surface area contributed by atoms with Gasteiger partial charge in [0, 0.05) is 6.54 Å². The molecule has 1 aromatic rings. The van der Waals surface area contributed by atoms with Gasteiger partial charge in [-0.15, -0.1) is 0 Å². The number of carbonyl (C=O) groups is 2. The van der Waals surface area contributed by atoms with E-state index in [9.17, 15) is 14.7 Å². The Morgan fingerprint density at radius 3 is 2.75 bits per heavy atom. The van der Waals surface area contributed by atoms with Crippen molar-refractivity contribution in [3.63, 3.8) is 0 Å². The van der Waals surface area contributed by atoms with Gasteiger partial charge < -0.3 is 15.3 Å². The molecular weight excluding hydrogens is 256 g/mol. The van der Waals surface area contributed by atoms with Crippen molar-refractivity contribution in [1.29, 1.82) is 0 Å². The summed E-state index contributed by atoms with van der Waals surface area (Å²) in [6.45, 7) is 4.02. The van der Waals surface area contributed by atoms with Crippen LogP contribution in [0.5, 0.6) is 5.75 Å². The van der Waals surface area contributed by atoms with E-state index in [2.05, 4.69) is 5.32 Å². The van der Waals surface area contributed by atoms with Crippen molar-refractivity contribution in [1.82, 2.24) is 10.2 Å². The topological polar surface area (TPSA) is 69.6 Å². The minimum absolute atomic E-state index is 0.0774. The molecule has 0 radical (unpaired) electrons. The molecule has 5 heteroatoms. The van der Waals surface area contributed by atoms with Crippen molar-refractivity contribution in [3.05, 3.63) is 29.8 Å². The van der Waals surface area contributed by atoms with Gasteiger partial charge in [0.2, 0.25) is 11.8 Å². The monoisotopic (exact) mass is 276 g/mol. The normalized spacial score (nSPS) is 22.8. The molecule has 2 amide bonds. The number of nitrogens with zero attached hydrogens (tertiary/aromatic N) is 1. The average Bonchev–Trinajstić information content (AvgIpc) is 2.40. The third-order valence-corrected chi connectivity index (χ3v) is 3.52. The minimum atomic E-state index is -0.493. The first-order chi connectivity index (χ1) is 9.52. The molecule has 0 aliphatic carbocycles. The molecule has 1 fully saturated rings. The molecular formula is C15H20N2O3. The number of hydrogen-bond acceptors (Lipinski definition) is 3. The van der Waals surface area contributed by atoms with Crippen molar-refractivity contribution >= 4 is 11.8 Å². The Balaban J connectivity index is 2.23. The maximum Gasteiger partial charge on any atom is 0.245 e. The number of amides is 2. The second kappa shape index (κ2) is 5.94. The Bertz CT molecular complexity index is 516. The number of carbonyl (C=O) groups excluding carboxylic acids is 2. The molecule has 1 aromatic carbocycles. The fourth-order valence-corrected chi connectivity index (χ4v) is 2.52. The lowest BCUT2D eigenvalue weighted by Gasteiger charge is -2.38. The van der Waals surface area contributed by atoms with Crippen molar-refractivity contribution < 1.29 is 14.7 Å². The number of aromatic hydroxyl groups is 1. The molecule has 2 unspecified atom stereocenters. The zero-order chi connectivity index (χ0) is 14.7. The Hall–Kier alpha value is -2.04. The maximum absolute atomic E-state index is 12.3. The second-order valence-corrected chi connectivity index (χ2v) is 5.17. The van der Waals surface area contributed by atoms with Crippen LogP contribution in [0, 0.1) is 0 Å². The van der Waals surface area contributed by atoms with Crippen LogP contribution < -0.4 is 5.32 Å². The zero-order valence-corrected chi connectivity index (χ0v) is 11.8. The van der Waals surface area contributed by atoms with Crippen LogP contribution >= 0.6 is 0 Å². The Kier molecular flexibility index (Phi) is 4.27. The van der Waals surface area contributed by atoms with E-state index in [1.807, 2.05) is 13.0 Å². The first-order valence-electron chi connectivity index (χ1n) is 6.91. The van der Waals surface area contributed by atoms with E-state index >= 15 is 0 Å². The van der Waals surface area contributed by atoms with Gasteiger partial charge in [-0.2, -0.15) is 0 Å². The second-order valence-electron chi connectivity index (χ2n) is 5.17. The van der Waals surface area contributed by atoms with Gasteiger partial charge in [-0.1, -0.05) is 25.5 Å². The number of phenolic OH excluding ortho intramolecular Hbond substituents is 1. The number of piperazine rings is 1. The van der Waals surface area contributed by atoms with Gasteiger partial charge in [0.15, 0.2) is 0 Å². The van der Waals surface area contributed by atoms with Crippen LogP contribution in [0.4, 0.5) is 0 Å². The van der Waals surface area contributed by atoms with Crippen molar-refractivity contribution in [2.75, 3.05) is 0 Å². The summed E-state index contributed by atoms with van der Waals surface area (Å²) in [5, 5.41) is 12.2.